The Labute approximate surface area is 124 Å². The summed E-state index contributed by atoms with van der Waals surface area (Å²) in [5, 5.41) is 13.8. The monoisotopic (exact) mass is 378 g/mol. The van der Waals surface area contributed by atoms with Gasteiger partial charge in [-0.2, -0.15) is 0 Å². The lowest BCUT2D eigenvalue weighted by Gasteiger charge is -2.21. The van der Waals surface area contributed by atoms with Crippen molar-refractivity contribution in [2.45, 2.75) is 19.9 Å². The van der Waals surface area contributed by atoms with Crippen molar-refractivity contribution in [2.75, 3.05) is 12.4 Å². The first-order chi connectivity index (χ1) is 8.86. The maximum absolute atomic E-state index is 11.6. The van der Waals surface area contributed by atoms with Crippen LogP contribution in [0.4, 0.5) is 11.4 Å². The van der Waals surface area contributed by atoms with Crippen molar-refractivity contribution in [3.05, 3.63) is 31.9 Å². The Balaban J connectivity index is 2.95. The van der Waals surface area contributed by atoms with E-state index in [-0.39, 0.29) is 17.6 Å². The van der Waals surface area contributed by atoms with Crippen molar-refractivity contribution in [3.8, 4) is 0 Å². The number of nitrogens with zero attached hydrogens (tertiary/aromatic N) is 1. The van der Waals surface area contributed by atoms with Gasteiger partial charge in [0.1, 0.15) is 6.04 Å². The van der Waals surface area contributed by atoms with Crippen LogP contribution < -0.4 is 5.32 Å². The zero-order valence-electron chi connectivity index (χ0n) is 10.8. The molecule has 1 aromatic carbocycles. The minimum absolute atomic E-state index is 0.0419. The molecule has 0 radical (unpaired) electrons. The molecule has 0 saturated heterocycles. The van der Waals surface area contributed by atoms with Crippen molar-refractivity contribution in [2.24, 2.45) is 5.92 Å². The Hall–Kier alpha value is -1.38. The number of benzene rings is 1. The van der Waals surface area contributed by atoms with Crippen molar-refractivity contribution < 1.29 is 14.5 Å². The number of ether oxygens (including phenoxy) is 1. The highest BCUT2D eigenvalue weighted by molar-refractivity contribution is 14.1. The number of hydrogen-bond acceptors (Lipinski definition) is 5. The van der Waals surface area contributed by atoms with E-state index in [0.717, 1.165) is 0 Å². The molecule has 104 valence electrons. The normalized spacial score (nSPS) is 12.1. The predicted octanol–water partition coefficient (Wildman–Crippen LogP) is 2.81. The fourth-order valence-corrected chi connectivity index (χ4v) is 2.26. The first-order valence-corrected chi connectivity index (χ1v) is 6.73. The second-order valence-corrected chi connectivity index (χ2v) is 5.47. The van der Waals surface area contributed by atoms with Gasteiger partial charge < -0.3 is 10.1 Å². The lowest BCUT2D eigenvalue weighted by Crippen LogP contribution is -2.35. The Morgan fingerprint density at radius 2 is 2.11 bits per heavy atom. The third-order valence-corrected chi connectivity index (χ3v) is 3.45. The van der Waals surface area contributed by atoms with Crippen molar-refractivity contribution in [1.29, 1.82) is 0 Å². The van der Waals surface area contributed by atoms with E-state index < -0.39 is 11.0 Å². The van der Waals surface area contributed by atoms with E-state index in [0.29, 0.717) is 9.26 Å². The van der Waals surface area contributed by atoms with E-state index in [1.807, 2.05) is 36.4 Å². The molecule has 0 bridgehead atoms. The topological polar surface area (TPSA) is 81.5 Å². The zero-order chi connectivity index (χ0) is 14.6. The smallest absolute Gasteiger partial charge is 0.328 e. The van der Waals surface area contributed by atoms with Crippen LogP contribution in [-0.4, -0.2) is 24.0 Å². The largest absolute Gasteiger partial charge is 0.467 e. The number of halogens is 1. The Morgan fingerprint density at radius 1 is 1.47 bits per heavy atom. The molecule has 0 heterocycles. The average molecular weight is 378 g/mol. The van der Waals surface area contributed by atoms with Gasteiger partial charge in [0.25, 0.3) is 5.69 Å². The first kappa shape index (κ1) is 15.7. The van der Waals surface area contributed by atoms with Gasteiger partial charge in [-0.3, -0.25) is 10.1 Å². The lowest BCUT2D eigenvalue weighted by atomic mass is 10.0. The Kier molecular flexibility index (Phi) is 5.52. The van der Waals surface area contributed by atoms with E-state index in [9.17, 15) is 14.9 Å². The second kappa shape index (κ2) is 6.69. The van der Waals surface area contributed by atoms with E-state index in [1.54, 1.807) is 12.1 Å². The van der Waals surface area contributed by atoms with Crippen LogP contribution >= 0.6 is 22.6 Å². The van der Waals surface area contributed by atoms with Crippen LogP contribution in [0.25, 0.3) is 0 Å². The molecule has 1 rings (SSSR count). The second-order valence-electron chi connectivity index (χ2n) is 4.31. The highest BCUT2D eigenvalue weighted by Crippen LogP contribution is 2.25. The summed E-state index contributed by atoms with van der Waals surface area (Å²) in [7, 11) is 1.33. The minimum atomic E-state index is -0.484. The number of esters is 1. The van der Waals surface area contributed by atoms with Crippen molar-refractivity contribution in [3.63, 3.8) is 0 Å². The van der Waals surface area contributed by atoms with Gasteiger partial charge in [-0.1, -0.05) is 13.8 Å². The molecule has 1 N–H and O–H groups in total. The summed E-state index contributed by atoms with van der Waals surface area (Å²) >= 11 is 1.89. The quantitative estimate of drug-likeness (QED) is 0.369. The number of nitro groups is 1. The molecule has 0 spiro atoms. The summed E-state index contributed by atoms with van der Waals surface area (Å²) < 4.78 is 5.24. The summed E-state index contributed by atoms with van der Waals surface area (Å²) in [6, 6.07) is 4.15. The van der Waals surface area contributed by atoms with Gasteiger partial charge in [0.2, 0.25) is 0 Å². The van der Waals surface area contributed by atoms with Crippen LogP contribution in [0, 0.1) is 19.6 Å². The number of rotatable bonds is 5. The molecule has 7 heteroatoms. The number of nitrogens with one attached hydrogen (secondary N) is 1. The van der Waals surface area contributed by atoms with E-state index in [2.05, 4.69) is 5.32 Å². The minimum Gasteiger partial charge on any atom is -0.467 e. The average Bonchev–Trinajstić information content (AvgIpc) is 2.34. The molecule has 0 aliphatic carbocycles. The van der Waals surface area contributed by atoms with E-state index in [4.69, 9.17) is 4.74 Å². The van der Waals surface area contributed by atoms with Crippen molar-refractivity contribution in [1.82, 2.24) is 0 Å². The van der Waals surface area contributed by atoms with Gasteiger partial charge >= 0.3 is 5.97 Å². The maximum atomic E-state index is 11.6. The summed E-state index contributed by atoms with van der Waals surface area (Å²) in [5.41, 5.74) is 0.699. The number of carbonyl (C=O) groups excluding carboxylic acids is 1. The van der Waals surface area contributed by atoms with Crippen LogP contribution in [0.1, 0.15) is 13.8 Å². The molecule has 1 unspecified atom stereocenters. The van der Waals surface area contributed by atoms with Crippen molar-refractivity contribution >= 4 is 39.9 Å². The van der Waals surface area contributed by atoms with Gasteiger partial charge in [0.05, 0.1) is 15.6 Å². The number of nitro benzene ring substituents is 1. The van der Waals surface area contributed by atoms with Gasteiger partial charge in [0.15, 0.2) is 0 Å². The zero-order valence-corrected chi connectivity index (χ0v) is 13.0. The summed E-state index contributed by atoms with van der Waals surface area (Å²) in [6.07, 6.45) is 0. The number of anilines is 1. The van der Waals surface area contributed by atoms with Gasteiger partial charge in [-0.05, 0) is 40.6 Å². The fraction of sp³-hybridized carbons (Fsp3) is 0.417. The molecular formula is C12H15IN2O4. The lowest BCUT2D eigenvalue weighted by molar-refractivity contribution is -0.385. The Bertz CT molecular complexity index is 491. The molecule has 0 aliphatic rings. The summed E-state index contributed by atoms with van der Waals surface area (Å²) in [4.78, 5) is 21.9. The SMILES string of the molecule is COC(=O)C(Nc1ccc([N+](=O)[O-])c(I)c1)C(C)C. The molecular weight excluding hydrogens is 363 g/mol. The fourth-order valence-electron chi connectivity index (χ4n) is 1.55. The first-order valence-electron chi connectivity index (χ1n) is 5.65. The van der Waals surface area contributed by atoms with Crippen LogP contribution in [0.3, 0.4) is 0 Å². The third kappa shape index (κ3) is 4.05. The highest BCUT2D eigenvalue weighted by Gasteiger charge is 2.23. The molecule has 19 heavy (non-hydrogen) atoms. The molecule has 6 nitrogen and oxygen atoms in total. The van der Waals surface area contributed by atoms with Gasteiger partial charge in [-0.25, -0.2) is 4.79 Å². The molecule has 0 aromatic heterocycles. The predicted molar refractivity (Wildman–Crippen MR) is 80.1 cm³/mol. The van der Waals surface area contributed by atoms with E-state index >= 15 is 0 Å². The van der Waals surface area contributed by atoms with Gasteiger partial charge in [0, 0.05) is 11.8 Å². The molecule has 0 fully saturated rings. The van der Waals surface area contributed by atoms with Crippen LogP contribution in [-0.2, 0) is 9.53 Å². The summed E-state index contributed by atoms with van der Waals surface area (Å²) in [6.45, 7) is 3.79. The van der Waals surface area contributed by atoms with Gasteiger partial charge in [-0.15, -0.1) is 0 Å². The summed E-state index contributed by atoms with van der Waals surface area (Å²) in [5.74, 6) is -0.316. The van der Waals surface area contributed by atoms with Crippen LogP contribution in [0.2, 0.25) is 0 Å². The standard InChI is InChI=1S/C12H15IN2O4/c1-7(2)11(12(16)19-3)14-8-4-5-10(15(17)18)9(13)6-8/h4-7,11,14H,1-3H3. The van der Waals surface area contributed by atoms with E-state index in [1.165, 1.54) is 13.2 Å². The molecule has 1 atom stereocenters. The molecule has 0 saturated carbocycles. The molecule has 1 aromatic rings. The number of carbonyl (C=O) groups is 1. The van der Waals surface area contributed by atoms with Crippen LogP contribution in [0.5, 0.6) is 0 Å². The molecule has 0 amide bonds. The molecule has 0 aliphatic heterocycles. The number of hydrogen-bond donors (Lipinski definition) is 1. The third-order valence-electron chi connectivity index (χ3n) is 2.59. The number of methoxy groups -OCH3 is 1. The van der Waals surface area contributed by atoms with Crippen LogP contribution in [0.15, 0.2) is 18.2 Å². The maximum Gasteiger partial charge on any atom is 0.328 e. The highest BCUT2D eigenvalue weighted by atomic mass is 127. The Morgan fingerprint density at radius 3 is 2.53 bits per heavy atom.